The Kier molecular flexibility index (Phi) is 44.8. The van der Waals surface area contributed by atoms with Crippen LogP contribution in [-0.4, -0.2) is 205 Å². The van der Waals surface area contributed by atoms with Crippen molar-refractivity contribution in [2.24, 2.45) is 11.7 Å². The number of aromatic nitrogens is 1. The molecular formula is C80H91Br2ClFN9O35. The zero-order chi connectivity index (χ0) is 97.5. The molecule has 0 bridgehead atoms. The van der Waals surface area contributed by atoms with Crippen LogP contribution in [0, 0.1) is 62.3 Å². The molecule has 1 aromatic heterocycles. The molecule has 128 heavy (non-hydrogen) atoms. The molecule has 2 aliphatic rings. The first-order valence-corrected chi connectivity index (χ1v) is 38.9. The Morgan fingerprint density at radius 1 is 0.531 bits per heavy atom. The fraction of sp³-hybridized carbons (Fsp3) is 0.338. The van der Waals surface area contributed by atoms with Crippen molar-refractivity contribution in [3.8, 4) is 46.0 Å². The fourth-order valence-corrected chi connectivity index (χ4v) is 10.4. The first-order chi connectivity index (χ1) is 60.0. The standard InChI is InChI=1S/C15H19NO7.C13H12FNO.C10H10N2O5.C9H8ClNO5.C9H9NO6.C9H10O4.C8H8N2O5.C5H11NO2.C2H4Br2/c1-15(2,3)23-13(17)8-10-11(16(19)20)6-9(14(18)22-5)7-12(10)21-4;14-11-3-4-13-10(5-11)6-12(8-16)15(13)7-9-1-2-9;1-16-10(13)6-4-7(12(14)15)9-8(5-6)17-3-2-11-9;1-15-7-4-5(9(12)16-2)3-6(8(7)10)11(13)14;1-15-7-4-5(9(12)16-2)3-6(8(7)11)10(13)14;1-12-8-5-6(9(11)13-2)3-4-7(8)10;1-15-8(12)4-2-5(10(13)14)7(9)6(11)3-4;1-5(2,3)8-4(6)7;3-1-2-4/h6-7H,8H2,1-5H3;3-6,8-9H,1-2,7H2;4-5,11H,2-3H2,1H3;3-4H,1-2H3;3-4,11H,1-2H3;3-5,10H,1-2H3;2-3,11H,9H2,1H3;1-3H3,(H2,6,7);1-2H2. The normalized spacial score (nSPS) is 11.0. The predicted octanol–water partition coefficient (Wildman–Crippen LogP) is 14.1. The van der Waals surface area contributed by atoms with Crippen molar-refractivity contribution in [2.45, 2.75) is 78.6 Å². The van der Waals surface area contributed by atoms with Gasteiger partial charge in [-0.3, -0.25) is 60.2 Å². The predicted molar refractivity (Wildman–Crippen MR) is 462 cm³/mol. The Bertz CT molecular complexity index is 5260. The number of ether oxygens (including phenoxy) is 13. The number of nitrogens with one attached hydrogen (secondary N) is 1. The van der Waals surface area contributed by atoms with Crippen molar-refractivity contribution in [3.05, 3.63) is 209 Å². The second-order valence-electron chi connectivity index (χ2n) is 27.0. The van der Waals surface area contributed by atoms with Crippen molar-refractivity contribution in [2.75, 3.05) is 106 Å². The molecule has 0 atom stereocenters. The molecule has 0 saturated heterocycles. The molecule has 44 nitrogen and oxygen atoms in total. The summed E-state index contributed by atoms with van der Waals surface area (Å²) in [6.07, 6.45) is 2.24. The van der Waals surface area contributed by atoms with Gasteiger partial charge in [-0.2, -0.15) is 0 Å². The summed E-state index contributed by atoms with van der Waals surface area (Å²) >= 11 is 12.1. The van der Waals surface area contributed by atoms with Crippen molar-refractivity contribution in [1.82, 2.24) is 4.57 Å². The zero-order valence-electron chi connectivity index (χ0n) is 71.4. The summed E-state index contributed by atoms with van der Waals surface area (Å²) in [5, 5.41) is 87.4. The van der Waals surface area contributed by atoms with E-state index in [0.717, 1.165) is 92.1 Å². The maximum absolute atomic E-state index is 13.1. The molecule has 1 aliphatic heterocycles. The average Bonchev–Trinajstić information content (AvgIpc) is 1.67. The van der Waals surface area contributed by atoms with Crippen LogP contribution in [0.25, 0.3) is 10.9 Å². The second-order valence-corrected chi connectivity index (χ2v) is 29.0. The van der Waals surface area contributed by atoms with E-state index in [9.17, 15) is 113 Å². The number of phenolic OH excluding ortho intramolecular Hbond substituents is 3. The minimum Gasteiger partial charge on any atom is -0.505 e. The highest BCUT2D eigenvalue weighted by atomic mass is 79.9. The molecule has 694 valence electrons. The van der Waals surface area contributed by atoms with Crippen molar-refractivity contribution < 1.29 is 149 Å². The number of aldehydes is 1. The quantitative estimate of drug-likeness (QED) is 0.00569. The highest BCUT2D eigenvalue weighted by Crippen LogP contribution is 2.41. The number of nitrogen functional groups attached to an aromatic ring is 1. The maximum Gasteiger partial charge on any atom is 0.405 e. The number of fused-ring (bicyclic) bond motifs is 2. The number of nitrogens with zero attached hydrogens (tertiary/aromatic N) is 6. The van der Waals surface area contributed by atoms with Crippen molar-refractivity contribution in [3.63, 3.8) is 0 Å². The average molecular weight is 1950 g/mol. The van der Waals surface area contributed by atoms with Crippen LogP contribution in [0.2, 0.25) is 5.02 Å². The topological polar surface area (TPSA) is 619 Å². The van der Waals surface area contributed by atoms with Gasteiger partial charge >= 0.3 is 53.6 Å². The van der Waals surface area contributed by atoms with Gasteiger partial charge < -0.3 is 98.3 Å². The molecule has 0 unspecified atom stereocenters. The number of hydrogen-bond acceptors (Lipinski definition) is 37. The Labute approximate surface area is 749 Å². The molecule has 1 aliphatic carbocycles. The van der Waals surface area contributed by atoms with Gasteiger partial charge in [0.1, 0.15) is 46.6 Å². The van der Waals surface area contributed by atoms with Crippen LogP contribution in [-0.2, 0) is 55.7 Å². The number of anilines is 2. The van der Waals surface area contributed by atoms with Crippen LogP contribution in [0.3, 0.4) is 0 Å². The van der Waals surface area contributed by atoms with Gasteiger partial charge in [0.25, 0.3) is 22.7 Å². The Morgan fingerprint density at radius 3 is 1.37 bits per heavy atom. The van der Waals surface area contributed by atoms with Gasteiger partial charge in [0, 0.05) is 65.0 Å². The Hall–Kier alpha value is -14.5. The first kappa shape index (κ1) is 110. The summed E-state index contributed by atoms with van der Waals surface area (Å²) in [5.74, 6) is -4.92. The minimum absolute atomic E-state index is 0.00449. The summed E-state index contributed by atoms with van der Waals surface area (Å²) in [5.41, 5.74) is 8.43. The van der Waals surface area contributed by atoms with Gasteiger partial charge in [-0.05, 0) is 133 Å². The van der Waals surface area contributed by atoms with Crippen molar-refractivity contribution >= 4 is 148 Å². The number of primary amides is 1. The number of aromatic hydroxyl groups is 3. The van der Waals surface area contributed by atoms with Crippen LogP contribution < -0.4 is 40.5 Å². The number of amides is 1. The number of nitro benzene ring substituents is 5. The van der Waals surface area contributed by atoms with E-state index in [-0.39, 0.29) is 90.8 Å². The number of nitrogens with two attached hydrogens (primary N) is 2. The van der Waals surface area contributed by atoms with E-state index in [1.807, 2.05) is 4.57 Å². The molecule has 48 heteroatoms. The lowest BCUT2D eigenvalue weighted by Gasteiger charge is -2.20. The molecule has 1 amide bonds. The van der Waals surface area contributed by atoms with E-state index in [1.165, 1.54) is 117 Å². The Morgan fingerprint density at radius 2 is 0.945 bits per heavy atom. The monoisotopic (exact) mass is 1950 g/mol. The summed E-state index contributed by atoms with van der Waals surface area (Å²) in [7, 11) is 12.3. The highest BCUT2D eigenvalue weighted by Gasteiger charge is 2.31. The number of esters is 7. The lowest BCUT2D eigenvalue weighted by atomic mass is 10.0. The molecular weight excluding hydrogens is 1860 g/mol. The number of phenols is 3. The number of hydrogen-bond donors (Lipinski definition) is 6. The van der Waals surface area contributed by atoms with Crippen LogP contribution in [0.1, 0.15) is 133 Å². The number of benzene rings is 7. The van der Waals surface area contributed by atoms with Crippen LogP contribution >= 0.6 is 43.5 Å². The second kappa shape index (κ2) is 52.3. The SMILES string of the molecule is BrCCBr.CC(C)(C)OC(N)=O.COC(=O)c1cc(O)c(N)c([N+](=O)[O-])c1.COC(=O)c1cc(OC)c(CC(=O)OC(C)(C)C)c([N+](=O)[O-])c1.COC(=O)c1cc(OC)c(Cl)c([N+](=O)[O-])c1.COC(=O)c1cc(OC)c(O)c([N+](=O)[O-])c1.COC(=O)c1cc2c(c([N+](=O)[O-])c1)NCCO2.COC(=O)c1ccc(O)c(OC)c1.O=Cc1cc2cc(F)ccc2n1CC1CC1. The summed E-state index contributed by atoms with van der Waals surface area (Å²) < 4.78 is 76.3. The number of alkyl halides is 2. The number of nitro groups is 5. The van der Waals surface area contributed by atoms with Crippen LogP contribution in [0.4, 0.5) is 49.0 Å². The zero-order valence-corrected chi connectivity index (χ0v) is 75.3. The smallest absolute Gasteiger partial charge is 0.405 e. The fourth-order valence-electron chi connectivity index (χ4n) is 10.1. The van der Waals surface area contributed by atoms with Crippen LogP contribution in [0.15, 0.2) is 103 Å². The van der Waals surface area contributed by atoms with E-state index in [1.54, 1.807) is 53.7 Å². The number of carbonyl (C=O) groups is 9. The van der Waals surface area contributed by atoms with E-state index in [0.29, 0.717) is 41.8 Å². The van der Waals surface area contributed by atoms with E-state index >= 15 is 0 Å². The van der Waals surface area contributed by atoms with E-state index in [2.05, 4.69) is 70.3 Å². The van der Waals surface area contributed by atoms with Crippen molar-refractivity contribution in [1.29, 1.82) is 0 Å². The summed E-state index contributed by atoms with van der Waals surface area (Å²) in [4.78, 5) is 151. The summed E-state index contributed by atoms with van der Waals surface area (Å²) in [6.45, 7) is 12.1. The minimum atomic E-state index is -0.815. The third-order valence-electron chi connectivity index (χ3n) is 15.9. The molecule has 1 saturated carbocycles. The largest absolute Gasteiger partial charge is 0.505 e. The molecule has 8 N–H and O–H groups in total. The summed E-state index contributed by atoms with van der Waals surface area (Å²) in [6, 6.07) is 22.0. The molecule has 8 aromatic rings. The van der Waals surface area contributed by atoms with E-state index in [4.69, 9.17) is 51.5 Å². The molecule has 1 fully saturated rings. The van der Waals surface area contributed by atoms with Gasteiger partial charge in [0.05, 0.1) is 147 Å². The highest BCUT2D eigenvalue weighted by molar-refractivity contribution is 9.11. The number of halogens is 4. The lowest BCUT2D eigenvalue weighted by molar-refractivity contribution is -0.386. The van der Waals surface area contributed by atoms with Gasteiger partial charge in [0.15, 0.2) is 39.9 Å². The molecule has 7 aromatic carbocycles. The number of carbonyl (C=O) groups excluding carboxylic acids is 9. The third kappa shape index (κ3) is 34.5. The van der Waals surface area contributed by atoms with E-state index < -0.39 is 118 Å². The van der Waals surface area contributed by atoms with Gasteiger partial charge in [-0.25, -0.2) is 38.0 Å². The number of rotatable bonds is 21. The Balaban J connectivity index is 0.000000497. The first-order valence-electron chi connectivity index (χ1n) is 36.3. The van der Waals surface area contributed by atoms with Gasteiger partial charge in [0.2, 0.25) is 5.75 Å². The molecule has 10 rings (SSSR count). The molecule has 0 radical (unpaired) electrons. The third-order valence-corrected chi connectivity index (χ3v) is 18.1. The maximum atomic E-state index is 13.1. The van der Waals surface area contributed by atoms with Crippen LogP contribution in [0.5, 0.6) is 46.0 Å². The van der Waals surface area contributed by atoms with Gasteiger partial charge in [-0.1, -0.05) is 43.5 Å². The number of methoxy groups -OCH3 is 10. The molecule has 0 spiro atoms. The molecule has 2 heterocycles. The van der Waals surface area contributed by atoms with Gasteiger partial charge in [-0.15, -0.1) is 0 Å². The lowest BCUT2D eigenvalue weighted by Crippen LogP contribution is -2.27.